The molecule has 0 saturated carbocycles. The average molecular weight is 448 g/mol. The standard InChI is InChI=1S/C25H29N5O3/c1-17(2)13-14-29-24(32)20-9-4-5-10-21(20)30-22(27-28-25(29)30)11-12-23(31)26-16-18-7-6-8-19(15-18)33-3/h4-10,15,17H,11-14,16H2,1-3H3,(H,26,31). The molecule has 0 aliphatic rings. The first-order chi connectivity index (χ1) is 16.0. The molecule has 8 nitrogen and oxygen atoms in total. The Bertz CT molecular complexity index is 1340. The quantitative estimate of drug-likeness (QED) is 0.425. The first-order valence-corrected chi connectivity index (χ1v) is 11.2. The summed E-state index contributed by atoms with van der Waals surface area (Å²) in [5.41, 5.74) is 1.67. The molecule has 0 aliphatic carbocycles. The number of fused-ring (bicyclic) bond motifs is 3. The van der Waals surface area contributed by atoms with Crippen molar-refractivity contribution in [3.8, 4) is 5.75 Å². The molecule has 0 bridgehead atoms. The number of nitrogens with one attached hydrogen (secondary N) is 1. The SMILES string of the molecule is COc1cccc(CNC(=O)CCc2nnc3n(CCC(C)C)c(=O)c4ccccc4n23)c1. The Balaban J connectivity index is 1.55. The van der Waals surface area contributed by atoms with E-state index in [9.17, 15) is 9.59 Å². The van der Waals surface area contributed by atoms with Gasteiger partial charge in [-0.25, -0.2) is 0 Å². The summed E-state index contributed by atoms with van der Waals surface area (Å²) >= 11 is 0. The molecule has 0 unspecified atom stereocenters. The first-order valence-electron chi connectivity index (χ1n) is 11.2. The predicted octanol–water partition coefficient (Wildman–Crippen LogP) is 3.35. The van der Waals surface area contributed by atoms with Crippen LogP contribution in [0.15, 0.2) is 53.3 Å². The van der Waals surface area contributed by atoms with E-state index in [0.29, 0.717) is 42.4 Å². The van der Waals surface area contributed by atoms with Crippen LogP contribution in [-0.2, 0) is 24.3 Å². The van der Waals surface area contributed by atoms with Gasteiger partial charge in [0.15, 0.2) is 0 Å². The zero-order valence-corrected chi connectivity index (χ0v) is 19.2. The Kier molecular flexibility index (Phi) is 6.72. The molecular weight excluding hydrogens is 418 g/mol. The Hall–Kier alpha value is -3.68. The molecule has 0 fully saturated rings. The van der Waals surface area contributed by atoms with Gasteiger partial charge in [0.05, 0.1) is 18.0 Å². The molecule has 2 aromatic carbocycles. The summed E-state index contributed by atoms with van der Waals surface area (Å²) in [6, 6.07) is 15.1. The summed E-state index contributed by atoms with van der Waals surface area (Å²) < 4.78 is 8.83. The minimum Gasteiger partial charge on any atom is -0.497 e. The minimum absolute atomic E-state index is 0.0614. The molecule has 0 atom stereocenters. The van der Waals surface area contributed by atoms with Crippen molar-refractivity contribution in [2.75, 3.05) is 7.11 Å². The van der Waals surface area contributed by atoms with E-state index in [2.05, 4.69) is 29.4 Å². The van der Waals surface area contributed by atoms with Crippen LogP contribution in [0.3, 0.4) is 0 Å². The molecular formula is C25H29N5O3. The highest BCUT2D eigenvalue weighted by Crippen LogP contribution is 2.17. The molecule has 8 heteroatoms. The van der Waals surface area contributed by atoms with Crippen LogP contribution in [0.25, 0.3) is 16.7 Å². The van der Waals surface area contributed by atoms with Crippen molar-refractivity contribution < 1.29 is 9.53 Å². The molecule has 0 radical (unpaired) electrons. The number of para-hydroxylation sites is 1. The molecule has 1 amide bonds. The molecule has 33 heavy (non-hydrogen) atoms. The number of methoxy groups -OCH3 is 1. The van der Waals surface area contributed by atoms with Crippen molar-refractivity contribution in [1.82, 2.24) is 24.5 Å². The number of nitrogens with zero attached hydrogens (tertiary/aromatic N) is 4. The highest BCUT2D eigenvalue weighted by atomic mass is 16.5. The molecule has 4 rings (SSSR count). The van der Waals surface area contributed by atoms with Gasteiger partial charge in [-0.15, -0.1) is 10.2 Å². The summed E-state index contributed by atoms with van der Waals surface area (Å²) in [6.07, 6.45) is 1.55. The highest BCUT2D eigenvalue weighted by Gasteiger charge is 2.17. The Morgan fingerprint density at radius 1 is 1.12 bits per heavy atom. The maximum Gasteiger partial charge on any atom is 0.262 e. The Morgan fingerprint density at radius 3 is 2.73 bits per heavy atom. The third-order valence-electron chi connectivity index (χ3n) is 5.70. The van der Waals surface area contributed by atoms with Gasteiger partial charge in [-0.3, -0.25) is 18.6 Å². The number of carbonyl (C=O) groups is 1. The van der Waals surface area contributed by atoms with Crippen molar-refractivity contribution in [2.24, 2.45) is 5.92 Å². The van der Waals surface area contributed by atoms with Crippen molar-refractivity contribution in [1.29, 1.82) is 0 Å². The molecule has 4 aromatic rings. The number of hydrogen-bond acceptors (Lipinski definition) is 5. The molecule has 172 valence electrons. The Labute approximate surface area is 192 Å². The van der Waals surface area contributed by atoms with Crippen LogP contribution in [0.4, 0.5) is 0 Å². The number of ether oxygens (including phenoxy) is 1. The van der Waals surface area contributed by atoms with Crippen LogP contribution >= 0.6 is 0 Å². The number of benzene rings is 2. The van der Waals surface area contributed by atoms with Crippen LogP contribution in [-0.4, -0.2) is 32.2 Å². The van der Waals surface area contributed by atoms with Gasteiger partial charge in [0.2, 0.25) is 11.7 Å². The number of amides is 1. The average Bonchev–Trinajstić information content (AvgIpc) is 3.25. The topological polar surface area (TPSA) is 90.5 Å². The van der Waals surface area contributed by atoms with Gasteiger partial charge >= 0.3 is 0 Å². The first kappa shape index (κ1) is 22.5. The highest BCUT2D eigenvalue weighted by molar-refractivity contribution is 5.80. The summed E-state index contributed by atoms with van der Waals surface area (Å²) in [5, 5.41) is 12.2. The smallest absolute Gasteiger partial charge is 0.262 e. The van der Waals surface area contributed by atoms with Crippen LogP contribution in [0.5, 0.6) is 5.75 Å². The van der Waals surface area contributed by atoms with E-state index in [4.69, 9.17) is 4.74 Å². The fourth-order valence-electron chi connectivity index (χ4n) is 3.86. The van der Waals surface area contributed by atoms with Gasteiger partial charge in [-0.2, -0.15) is 0 Å². The van der Waals surface area contributed by atoms with Crippen LogP contribution in [0.2, 0.25) is 0 Å². The zero-order chi connectivity index (χ0) is 23.4. The fourth-order valence-corrected chi connectivity index (χ4v) is 3.86. The summed E-state index contributed by atoms with van der Waals surface area (Å²) in [6.45, 7) is 5.25. The van der Waals surface area contributed by atoms with E-state index in [0.717, 1.165) is 23.3 Å². The molecule has 0 aliphatic heterocycles. The normalized spacial score (nSPS) is 11.4. The van der Waals surface area contributed by atoms with Gasteiger partial charge in [0.1, 0.15) is 11.6 Å². The lowest BCUT2D eigenvalue weighted by molar-refractivity contribution is -0.121. The molecule has 2 aromatic heterocycles. The Morgan fingerprint density at radius 2 is 1.94 bits per heavy atom. The third-order valence-corrected chi connectivity index (χ3v) is 5.70. The second-order valence-electron chi connectivity index (χ2n) is 8.54. The maximum atomic E-state index is 13.1. The van der Waals surface area contributed by atoms with E-state index < -0.39 is 0 Å². The van der Waals surface area contributed by atoms with Gasteiger partial charge in [-0.1, -0.05) is 38.1 Å². The summed E-state index contributed by atoms with van der Waals surface area (Å²) in [7, 11) is 1.62. The van der Waals surface area contributed by atoms with Crippen LogP contribution in [0, 0.1) is 5.92 Å². The number of carbonyl (C=O) groups excluding carboxylic acids is 1. The summed E-state index contributed by atoms with van der Waals surface area (Å²) in [5.74, 6) is 2.32. The van der Waals surface area contributed by atoms with Crippen LogP contribution in [0.1, 0.15) is 38.1 Å². The molecule has 0 saturated heterocycles. The van der Waals surface area contributed by atoms with E-state index in [1.54, 1.807) is 11.7 Å². The van der Waals surface area contributed by atoms with Crippen molar-refractivity contribution >= 4 is 22.6 Å². The molecule has 2 heterocycles. The minimum atomic E-state index is -0.0768. The number of hydrogen-bond donors (Lipinski definition) is 1. The zero-order valence-electron chi connectivity index (χ0n) is 19.2. The van der Waals surface area contributed by atoms with E-state index >= 15 is 0 Å². The van der Waals surface area contributed by atoms with Gasteiger partial charge in [-0.05, 0) is 42.2 Å². The predicted molar refractivity (Wildman–Crippen MR) is 127 cm³/mol. The van der Waals surface area contributed by atoms with Crippen LogP contribution < -0.4 is 15.6 Å². The molecule has 0 spiro atoms. The lowest BCUT2D eigenvalue weighted by Gasteiger charge is -2.12. The lowest BCUT2D eigenvalue weighted by atomic mass is 10.1. The third kappa shape index (κ3) is 4.89. The monoisotopic (exact) mass is 447 g/mol. The van der Waals surface area contributed by atoms with E-state index in [-0.39, 0.29) is 17.9 Å². The fraction of sp³-hybridized carbons (Fsp3) is 0.360. The number of aromatic nitrogens is 4. The van der Waals surface area contributed by atoms with Crippen molar-refractivity contribution in [3.05, 3.63) is 70.3 Å². The number of aryl methyl sites for hydroxylation is 2. The second kappa shape index (κ2) is 9.85. The van der Waals surface area contributed by atoms with Crippen molar-refractivity contribution in [2.45, 2.75) is 46.2 Å². The van der Waals surface area contributed by atoms with Gasteiger partial charge < -0.3 is 10.1 Å². The lowest BCUT2D eigenvalue weighted by Crippen LogP contribution is -2.25. The largest absolute Gasteiger partial charge is 0.497 e. The van der Waals surface area contributed by atoms with Gasteiger partial charge in [0.25, 0.3) is 5.56 Å². The maximum absolute atomic E-state index is 13.1. The van der Waals surface area contributed by atoms with E-state index in [1.807, 2.05) is 52.9 Å². The second-order valence-corrected chi connectivity index (χ2v) is 8.54. The van der Waals surface area contributed by atoms with Crippen molar-refractivity contribution in [3.63, 3.8) is 0 Å². The van der Waals surface area contributed by atoms with Gasteiger partial charge in [0, 0.05) is 25.9 Å². The number of rotatable bonds is 9. The summed E-state index contributed by atoms with van der Waals surface area (Å²) in [4.78, 5) is 25.6. The van der Waals surface area contributed by atoms with E-state index in [1.165, 1.54) is 0 Å². The molecule has 1 N–H and O–H groups in total.